The van der Waals surface area contributed by atoms with E-state index in [0.717, 1.165) is 22.3 Å². The molecule has 1 aromatic carbocycles. The molecule has 1 aliphatic heterocycles. The number of alkyl carbamates (subject to hydrolysis) is 1. The Morgan fingerprint density at radius 3 is 2.34 bits per heavy atom. The molecule has 1 amide bonds. The number of aromatic nitrogens is 1. The predicted octanol–water partition coefficient (Wildman–Crippen LogP) is 4.34. The molecule has 0 radical (unpaired) electrons. The smallest absolute Gasteiger partial charge is 0.481 e. The van der Waals surface area contributed by atoms with Crippen LogP contribution in [0.5, 0.6) is 5.88 Å². The highest BCUT2D eigenvalue weighted by Crippen LogP contribution is 2.38. The Bertz CT molecular complexity index is 960. The Morgan fingerprint density at radius 1 is 1.09 bits per heavy atom. The maximum Gasteiger partial charge on any atom is 0.492 e. The number of methoxy groups -OCH3 is 1. The van der Waals surface area contributed by atoms with Gasteiger partial charge in [0.2, 0.25) is 5.88 Å². The number of rotatable bonds is 7. The van der Waals surface area contributed by atoms with Crippen LogP contribution in [0.3, 0.4) is 0 Å². The van der Waals surface area contributed by atoms with Gasteiger partial charge in [0.05, 0.1) is 18.3 Å². The van der Waals surface area contributed by atoms with Gasteiger partial charge in [-0.15, -0.1) is 0 Å². The summed E-state index contributed by atoms with van der Waals surface area (Å²) in [6.45, 7) is 10.3. The van der Waals surface area contributed by atoms with Gasteiger partial charge in [-0.05, 0) is 57.3 Å². The number of carbonyl (C=O) groups excluding carboxylic acids is 1. The van der Waals surface area contributed by atoms with E-state index in [1.807, 2.05) is 77.1 Å². The Labute approximate surface area is 190 Å². The zero-order valence-corrected chi connectivity index (χ0v) is 19.6. The zero-order chi connectivity index (χ0) is 23.4. The van der Waals surface area contributed by atoms with Crippen molar-refractivity contribution < 1.29 is 23.6 Å². The average Bonchev–Trinajstić information content (AvgIpc) is 2.98. The van der Waals surface area contributed by atoms with Gasteiger partial charge in [0.25, 0.3) is 0 Å². The van der Waals surface area contributed by atoms with Crippen LogP contribution in [0.4, 0.5) is 4.79 Å². The number of nitrogens with one attached hydrogen (secondary N) is 1. The number of carbonyl (C=O) groups is 1. The standard InChI is InChI=1S/C24H31BN2O5/c1-17-19(12-13-21(27-17)29-6)14-20(25-31-23(2,3)24(4,5)32-25)15-26-22(28)30-16-18-10-8-7-9-11-18/h7-14H,15-16H2,1-6H3,(H,26,28). The Balaban J connectivity index is 1.76. The van der Waals surface area contributed by atoms with Gasteiger partial charge >= 0.3 is 13.2 Å². The molecule has 1 N–H and O–H groups in total. The molecule has 0 unspecified atom stereocenters. The van der Waals surface area contributed by atoms with E-state index in [9.17, 15) is 4.79 Å². The van der Waals surface area contributed by atoms with Gasteiger partial charge in [-0.3, -0.25) is 0 Å². The minimum Gasteiger partial charge on any atom is -0.481 e. The fraction of sp³-hybridized carbons (Fsp3) is 0.417. The third-order valence-electron chi connectivity index (χ3n) is 5.86. The van der Waals surface area contributed by atoms with Crippen molar-refractivity contribution >= 4 is 19.3 Å². The second-order valence-electron chi connectivity index (χ2n) is 8.75. The van der Waals surface area contributed by atoms with Crippen LogP contribution in [0.2, 0.25) is 0 Å². The summed E-state index contributed by atoms with van der Waals surface area (Å²) in [7, 11) is 0.967. The highest BCUT2D eigenvalue weighted by molar-refractivity contribution is 6.56. The normalized spacial score (nSPS) is 17.2. The van der Waals surface area contributed by atoms with Crippen molar-refractivity contribution in [1.82, 2.24) is 10.3 Å². The Kier molecular flexibility index (Phi) is 7.26. The number of pyridine rings is 1. The van der Waals surface area contributed by atoms with Gasteiger partial charge in [-0.25, -0.2) is 9.78 Å². The Hall–Kier alpha value is -2.84. The summed E-state index contributed by atoms with van der Waals surface area (Å²) >= 11 is 0. The van der Waals surface area contributed by atoms with Crippen LogP contribution in [0.25, 0.3) is 6.08 Å². The lowest BCUT2D eigenvalue weighted by Gasteiger charge is -2.32. The summed E-state index contributed by atoms with van der Waals surface area (Å²) in [5, 5.41) is 2.81. The van der Waals surface area contributed by atoms with E-state index in [1.54, 1.807) is 13.2 Å². The molecular formula is C24H31BN2O5. The number of ether oxygens (including phenoxy) is 2. The molecule has 2 aromatic rings. The van der Waals surface area contributed by atoms with Crippen molar-refractivity contribution in [2.24, 2.45) is 0 Å². The summed E-state index contributed by atoms with van der Waals surface area (Å²) in [6, 6.07) is 13.2. The largest absolute Gasteiger partial charge is 0.492 e. The minimum atomic E-state index is -0.615. The van der Waals surface area contributed by atoms with Gasteiger partial charge < -0.3 is 24.1 Å². The van der Waals surface area contributed by atoms with E-state index >= 15 is 0 Å². The average molecular weight is 438 g/mol. The molecule has 1 aromatic heterocycles. The van der Waals surface area contributed by atoms with E-state index in [0.29, 0.717) is 5.88 Å². The first-order valence-electron chi connectivity index (χ1n) is 10.6. The second kappa shape index (κ2) is 9.75. The molecule has 0 saturated carbocycles. The summed E-state index contributed by atoms with van der Waals surface area (Å²) in [5.41, 5.74) is 2.36. The third-order valence-corrected chi connectivity index (χ3v) is 5.86. The molecule has 3 rings (SSSR count). The van der Waals surface area contributed by atoms with E-state index in [1.165, 1.54) is 0 Å². The van der Waals surface area contributed by atoms with Crippen LogP contribution in [0.15, 0.2) is 47.9 Å². The zero-order valence-electron chi connectivity index (χ0n) is 19.6. The molecule has 32 heavy (non-hydrogen) atoms. The first-order chi connectivity index (χ1) is 15.1. The number of aryl methyl sites for hydroxylation is 1. The topological polar surface area (TPSA) is 78.9 Å². The molecule has 7 nitrogen and oxygen atoms in total. The van der Waals surface area contributed by atoms with Crippen molar-refractivity contribution in [1.29, 1.82) is 0 Å². The van der Waals surface area contributed by atoms with Crippen LogP contribution >= 0.6 is 0 Å². The fourth-order valence-corrected chi connectivity index (χ4v) is 3.16. The summed E-state index contributed by atoms with van der Waals surface area (Å²) < 4.78 is 23.0. The highest BCUT2D eigenvalue weighted by atomic mass is 16.7. The van der Waals surface area contributed by atoms with Crippen LogP contribution < -0.4 is 10.1 Å². The maximum atomic E-state index is 12.3. The molecule has 0 bridgehead atoms. The second-order valence-corrected chi connectivity index (χ2v) is 8.75. The molecule has 170 valence electrons. The maximum absolute atomic E-state index is 12.3. The first kappa shape index (κ1) is 23.8. The van der Waals surface area contributed by atoms with E-state index in [2.05, 4.69) is 10.3 Å². The van der Waals surface area contributed by atoms with Crippen LogP contribution in [-0.2, 0) is 20.7 Å². The van der Waals surface area contributed by atoms with E-state index in [4.69, 9.17) is 18.8 Å². The lowest BCUT2D eigenvalue weighted by molar-refractivity contribution is 0.00578. The number of amides is 1. The van der Waals surface area contributed by atoms with Crippen molar-refractivity contribution in [2.45, 2.75) is 52.4 Å². The van der Waals surface area contributed by atoms with Gasteiger partial charge in [-0.1, -0.05) is 36.4 Å². The lowest BCUT2D eigenvalue weighted by Crippen LogP contribution is -2.41. The molecule has 2 heterocycles. The van der Waals surface area contributed by atoms with Crippen molar-refractivity contribution in [3.63, 3.8) is 0 Å². The highest BCUT2D eigenvalue weighted by Gasteiger charge is 2.52. The van der Waals surface area contributed by atoms with Crippen molar-refractivity contribution in [3.8, 4) is 5.88 Å². The van der Waals surface area contributed by atoms with Gasteiger partial charge in [0.15, 0.2) is 0 Å². The molecular weight excluding hydrogens is 407 g/mol. The molecule has 0 aliphatic carbocycles. The molecule has 0 spiro atoms. The number of nitrogens with zero attached hydrogens (tertiary/aromatic N) is 1. The SMILES string of the molecule is COc1ccc(C=C(CNC(=O)OCc2ccccc2)B2OC(C)(C)C(C)(C)O2)c(C)n1. The first-order valence-corrected chi connectivity index (χ1v) is 10.6. The van der Waals surface area contributed by atoms with Crippen molar-refractivity contribution in [3.05, 3.63) is 64.8 Å². The summed E-state index contributed by atoms with van der Waals surface area (Å²) in [4.78, 5) is 16.7. The molecule has 1 fully saturated rings. The van der Waals surface area contributed by atoms with Crippen LogP contribution in [-0.4, -0.2) is 43.1 Å². The van der Waals surface area contributed by atoms with Crippen molar-refractivity contribution in [2.75, 3.05) is 13.7 Å². The molecule has 1 aliphatic rings. The lowest BCUT2D eigenvalue weighted by atomic mass is 9.77. The molecule has 8 heteroatoms. The van der Waals surface area contributed by atoms with Gasteiger partial charge in [0.1, 0.15) is 6.61 Å². The monoisotopic (exact) mass is 438 g/mol. The van der Waals surface area contributed by atoms with Crippen LogP contribution in [0.1, 0.15) is 44.5 Å². The van der Waals surface area contributed by atoms with Crippen LogP contribution in [0, 0.1) is 6.92 Å². The van der Waals surface area contributed by atoms with Gasteiger partial charge in [-0.2, -0.15) is 0 Å². The quantitative estimate of drug-likeness (QED) is 0.648. The van der Waals surface area contributed by atoms with E-state index in [-0.39, 0.29) is 13.2 Å². The fourth-order valence-electron chi connectivity index (χ4n) is 3.16. The predicted molar refractivity (Wildman–Crippen MR) is 124 cm³/mol. The molecule has 1 saturated heterocycles. The minimum absolute atomic E-state index is 0.198. The summed E-state index contributed by atoms with van der Waals surface area (Å²) in [6.07, 6.45) is 1.42. The third kappa shape index (κ3) is 5.69. The van der Waals surface area contributed by atoms with Gasteiger partial charge in [0, 0.05) is 18.3 Å². The summed E-state index contributed by atoms with van der Waals surface area (Å²) in [5.74, 6) is 0.541. The molecule has 0 atom stereocenters. The number of hydrogen-bond donors (Lipinski definition) is 1. The number of hydrogen-bond acceptors (Lipinski definition) is 6. The Morgan fingerprint density at radius 2 is 1.75 bits per heavy atom. The number of benzene rings is 1. The van der Waals surface area contributed by atoms with E-state index < -0.39 is 24.4 Å².